The molecule has 2 rings (SSSR count). The van der Waals surface area contributed by atoms with Crippen LogP contribution in [0.2, 0.25) is 0 Å². The second-order valence-electron chi connectivity index (χ2n) is 4.88. The summed E-state index contributed by atoms with van der Waals surface area (Å²) in [5.74, 6) is 1.64. The summed E-state index contributed by atoms with van der Waals surface area (Å²) < 4.78 is 5.84. The van der Waals surface area contributed by atoms with Crippen LogP contribution in [0.4, 0.5) is 0 Å². The molecule has 21 heavy (non-hydrogen) atoms. The van der Waals surface area contributed by atoms with Crippen LogP contribution < -0.4 is 10.2 Å². The highest BCUT2D eigenvalue weighted by Crippen LogP contribution is 2.23. The predicted octanol–water partition coefficient (Wildman–Crippen LogP) is 3.01. The molecule has 0 atom stereocenters. The fourth-order valence-corrected chi connectivity index (χ4v) is 1.98. The van der Waals surface area contributed by atoms with Gasteiger partial charge < -0.3 is 15.3 Å². The van der Waals surface area contributed by atoms with Gasteiger partial charge >= 0.3 is 0 Å². The quantitative estimate of drug-likeness (QED) is 0.487. The Morgan fingerprint density at radius 1 is 1.05 bits per heavy atom. The first-order valence-electron chi connectivity index (χ1n) is 6.90. The zero-order valence-corrected chi connectivity index (χ0v) is 12.3. The van der Waals surface area contributed by atoms with Crippen LogP contribution in [-0.4, -0.2) is 24.5 Å². The van der Waals surface area contributed by atoms with Crippen LogP contribution in [0.5, 0.6) is 11.5 Å². The highest BCUT2D eigenvalue weighted by Gasteiger charge is 1.99. The van der Waals surface area contributed by atoms with Gasteiger partial charge in [-0.1, -0.05) is 6.07 Å². The van der Waals surface area contributed by atoms with Crippen molar-refractivity contribution in [3.05, 3.63) is 59.2 Å². The first kappa shape index (κ1) is 15.1. The summed E-state index contributed by atoms with van der Waals surface area (Å²) in [6.07, 6.45) is 1.70. The average molecular weight is 284 g/mol. The number of aryl methyl sites for hydroxylation is 2. The fourth-order valence-electron chi connectivity index (χ4n) is 1.98. The molecule has 4 heteroatoms. The number of benzene rings is 2. The molecule has 2 N–H and O–H groups in total. The molecule has 0 heterocycles. The van der Waals surface area contributed by atoms with Crippen LogP contribution in [0, 0.1) is 13.8 Å². The maximum Gasteiger partial charge on any atom is 0.127 e. The lowest BCUT2D eigenvalue weighted by atomic mass is 10.1. The molecule has 0 amide bonds. The number of aliphatic hydroxyl groups is 1. The predicted molar refractivity (Wildman–Crippen MR) is 85.1 cm³/mol. The van der Waals surface area contributed by atoms with Gasteiger partial charge in [0.05, 0.1) is 19.4 Å². The van der Waals surface area contributed by atoms with Gasteiger partial charge in [0.15, 0.2) is 0 Å². The molecule has 0 saturated carbocycles. The molecule has 0 radical (unpaired) electrons. The van der Waals surface area contributed by atoms with Crippen molar-refractivity contribution in [2.75, 3.05) is 13.2 Å². The lowest BCUT2D eigenvalue weighted by molar-refractivity contribution is 0.294. The summed E-state index contributed by atoms with van der Waals surface area (Å²) >= 11 is 0. The normalized spacial score (nSPS) is 10.8. The van der Waals surface area contributed by atoms with E-state index in [1.807, 2.05) is 36.4 Å². The minimum absolute atomic E-state index is 0.0695. The monoisotopic (exact) mass is 284 g/mol. The van der Waals surface area contributed by atoms with E-state index in [0.29, 0.717) is 6.54 Å². The number of nitrogens with zero attached hydrogens (tertiary/aromatic N) is 1. The van der Waals surface area contributed by atoms with Crippen molar-refractivity contribution in [1.29, 1.82) is 0 Å². The van der Waals surface area contributed by atoms with Crippen LogP contribution in [0.15, 0.2) is 47.6 Å². The second kappa shape index (κ2) is 7.45. The van der Waals surface area contributed by atoms with Gasteiger partial charge in [-0.05, 0) is 66.9 Å². The molecule has 0 aliphatic heterocycles. The van der Waals surface area contributed by atoms with Gasteiger partial charge in [0.1, 0.15) is 11.5 Å². The van der Waals surface area contributed by atoms with Gasteiger partial charge in [-0.2, -0.15) is 5.10 Å². The minimum atomic E-state index is 0.0695. The number of hydrogen-bond acceptors (Lipinski definition) is 4. The van der Waals surface area contributed by atoms with Gasteiger partial charge in [0.25, 0.3) is 0 Å². The van der Waals surface area contributed by atoms with Crippen molar-refractivity contribution < 1.29 is 9.84 Å². The van der Waals surface area contributed by atoms with Gasteiger partial charge in [0.2, 0.25) is 0 Å². The first-order valence-corrected chi connectivity index (χ1v) is 6.90. The van der Waals surface area contributed by atoms with E-state index < -0.39 is 0 Å². The van der Waals surface area contributed by atoms with Gasteiger partial charge in [-0.3, -0.25) is 0 Å². The standard InChI is InChI=1S/C17H20N2O2/c1-13-9-14(2)11-17(10-13)21-16-5-3-15(4-6-16)12-19-18-7-8-20/h3-6,9-12,18,20H,7-8H2,1-2H3. The molecule has 0 unspecified atom stereocenters. The third-order valence-electron chi connectivity index (χ3n) is 2.84. The lowest BCUT2D eigenvalue weighted by Crippen LogP contribution is -2.11. The van der Waals surface area contributed by atoms with Crippen molar-refractivity contribution in [3.63, 3.8) is 0 Å². The third kappa shape index (κ3) is 4.93. The Bertz CT molecular complexity index is 586. The summed E-state index contributed by atoms with van der Waals surface area (Å²) in [7, 11) is 0. The Morgan fingerprint density at radius 2 is 1.71 bits per heavy atom. The number of hydrogen-bond donors (Lipinski definition) is 2. The topological polar surface area (TPSA) is 53.8 Å². The minimum Gasteiger partial charge on any atom is -0.457 e. The Balaban J connectivity index is 2.00. The van der Waals surface area contributed by atoms with Crippen LogP contribution >= 0.6 is 0 Å². The van der Waals surface area contributed by atoms with Crippen molar-refractivity contribution in [2.45, 2.75) is 13.8 Å². The molecule has 2 aromatic rings. The molecule has 0 fully saturated rings. The molecule has 0 bridgehead atoms. The van der Waals surface area contributed by atoms with Crippen molar-refractivity contribution in [3.8, 4) is 11.5 Å². The largest absolute Gasteiger partial charge is 0.457 e. The van der Waals surface area contributed by atoms with Crippen molar-refractivity contribution >= 4 is 6.21 Å². The Morgan fingerprint density at radius 3 is 2.33 bits per heavy atom. The number of rotatable bonds is 6. The number of aliphatic hydroxyl groups excluding tert-OH is 1. The van der Waals surface area contributed by atoms with E-state index in [4.69, 9.17) is 9.84 Å². The van der Waals surface area contributed by atoms with E-state index in [-0.39, 0.29) is 6.61 Å². The van der Waals surface area contributed by atoms with Crippen LogP contribution in [-0.2, 0) is 0 Å². The Hall–Kier alpha value is -2.33. The van der Waals surface area contributed by atoms with E-state index in [2.05, 4.69) is 30.4 Å². The van der Waals surface area contributed by atoms with Crippen LogP contribution in [0.3, 0.4) is 0 Å². The smallest absolute Gasteiger partial charge is 0.127 e. The highest BCUT2D eigenvalue weighted by molar-refractivity contribution is 5.79. The van der Waals surface area contributed by atoms with E-state index in [1.54, 1.807) is 6.21 Å². The molecular formula is C17H20N2O2. The van der Waals surface area contributed by atoms with E-state index in [9.17, 15) is 0 Å². The summed E-state index contributed by atoms with van der Waals surface area (Å²) in [5, 5.41) is 12.6. The SMILES string of the molecule is Cc1cc(C)cc(Oc2ccc(C=NNCCO)cc2)c1. The number of ether oxygens (including phenoxy) is 1. The lowest BCUT2D eigenvalue weighted by Gasteiger charge is -2.08. The molecule has 0 aromatic heterocycles. The van der Waals surface area contributed by atoms with Crippen molar-refractivity contribution in [2.24, 2.45) is 5.10 Å². The van der Waals surface area contributed by atoms with Gasteiger partial charge in [-0.15, -0.1) is 0 Å². The number of hydrazone groups is 1. The molecule has 2 aromatic carbocycles. The molecule has 4 nitrogen and oxygen atoms in total. The number of nitrogens with one attached hydrogen (secondary N) is 1. The molecular weight excluding hydrogens is 264 g/mol. The summed E-state index contributed by atoms with van der Waals surface area (Å²) in [6.45, 7) is 4.63. The molecule has 110 valence electrons. The summed E-state index contributed by atoms with van der Waals surface area (Å²) in [5.41, 5.74) is 6.07. The summed E-state index contributed by atoms with van der Waals surface area (Å²) in [4.78, 5) is 0. The fraction of sp³-hybridized carbons (Fsp3) is 0.235. The zero-order chi connectivity index (χ0) is 15.1. The van der Waals surface area contributed by atoms with Crippen molar-refractivity contribution in [1.82, 2.24) is 5.43 Å². The van der Waals surface area contributed by atoms with E-state index in [1.165, 1.54) is 11.1 Å². The average Bonchev–Trinajstić information content (AvgIpc) is 2.44. The van der Waals surface area contributed by atoms with Gasteiger partial charge in [-0.25, -0.2) is 0 Å². The molecule has 0 aliphatic carbocycles. The van der Waals surface area contributed by atoms with Crippen LogP contribution in [0.1, 0.15) is 16.7 Å². The third-order valence-corrected chi connectivity index (χ3v) is 2.84. The maximum atomic E-state index is 8.63. The first-order chi connectivity index (χ1) is 10.2. The summed E-state index contributed by atoms with van der Waals surface area (Å²) in [6, 6.07) is 13.8. The van der Waals surface area contributed by atoms with E-state index in [0.717, 1.165) is 17.1 Å². The zero-order valence-electron chi connectivity index (χ0n) is 12.3. The molecule has 0 aliphatic rings. The molecule has 0 saturated heterocycles. The Labute approximate surface area is 125 Å². The highest BCUT2D eigenvalue weighted by atomic mass is 16.5. The second-order valence-corrected chi connectivity index (χ2v) is 4.88. The Kier molecular flexibility index (Phi) is 5.35. The van der Waals surface area contributed by atoms with Crippen LogP contribution in [0.25, 0.3) is 0 Å². The maximum absolute atomic E-state index is 8.63. The molecule has 0 spiro atoms. The van der Waals surface area contributed by atoms with E-state index >= 15 is 0 Å². The van der Waals surface area contributed by atoms with Gasteiger partial charge in [0, 0.05) is 0 Å².